The van der Waals surface area contributed by atoms with Crippen LogP contribution in [0.1, 0.15) is 18.4 Å². The van der Waals surface area contributed by atoms with Gasteiger partial charge in [-0.05, 0) is 43.2 Å². The number of hydrogen-bond donors (Lipinski definition) is 1. The highest BCUT2D eigenvalue weighted by molar-refractivity contribution is 7.80. The molecule has 1 amide bonds. The number of piperidine rings is 1. The van der Waals surface area contributed by atoms with Gasteiger partial charge in [-0.15, -0.1) is 0 Å². The molecule has 2 aromatic carbocycles. The number of carbonyl (C=O) groups is 1. The van der Waals surface area contributed by atoms with Crippen molar-refractivity contribution in [2.75, 3.05) is 40.5 Å². The molecular weight excluding hydrogens is 416 g/mol. The van der Waals surface area contributed by atoms with Crippen LogP contribution < -0.4 is 24.7 Å². The maximum atomic E-state index is 11.4. The summed E-state index contributed by atoms with van der Waals surface area (Å²) in [6, 6.07) is 13.1. The molecule has 3 rings (SSSR count). The maximum absolute atomic E-state index is 11.4. The predicted molar refractivity (Wildman–Crippen MR) is 122 cm³/mol. The molecule has 0 unspecified atom stereocenters. The topological polar surface area (TPSA) is 83.3 Å². The van der Waals surface area contributed by atoms with Gasteiger partial charge in [-0.1, -0.05) is 24.4 Å². The van der Waals surface area contributed by atoms with Gasteiger partial charge in [-0.3, -0.25) is 4.79 Å². The Hall–Kier alpha value is -3.00. The summed E-state index contributed by atoms with van der Waals surface area (Å²) in [6.45, 7) is 2.14. The van der Waals surface area contributed by atoms with Crippen LogP contribution in [0.3, 0.4) is 0 Å². The average molecular weight is 445 g/mol. The van der Waals surface area contributed by atoms with Crippen molar-refractivity contribution in [2.24, 2.45) is 11.7 Å². The van der Waals surface area contributed by atoms with Crippen molar-refractivity contribution < 1.29 is 23.7 Å². The molecule has 7 nitrogen and oxygen atoms in total. The quantitative estimate of drug-likeness (QED) is 0.470. The van der Waals surface area contributed by atoms with Crippen molar-refractivity contribution in [3.05, 3.63) is 48.0 Å². The van der Waals surface area contributed by atoms with Crippen LogP contribution in [0.25, 0.3) is 0 Å². The number of nitrogens with zero attached hydrogens (tertiary/aromatic N) is 1. The summed E-state index contributed by atoms with van der Waals surface area (Å²) in [4.78, 5) is 14.2. The van der Waals surface area contributed by atoms with E-state index in [1.807, 2.05) is 42.5 Å². The van der Waals surface area contributed by atoms with E-state index in [-0.39, 0.29) is 11.8 Å². The van der Waals surface area contributed by atoms with Crippen LogP contribution in [0.4, 0.5) is 0 Å². The molecule has 1 aliphatic heterocycles. The molecule has 8 heteroatoms. The maximum Gasteiger partial charge on any atom is 0.220 e. The molecule has 1 saturated heterocycles. The summed E-state index contributed by atoms with van der Waals surface area (Å²) < 4.78 is 22.4. The van der Waals surface area contributed by atoms with Crippen LogP contribution >= 0.6 is 12.2 Å². The molecule has 0 spiro atoms. The molecule has 0 radical (unpaired) electrons. The number of nitrogens with two attached hydrogens (primary N) is 1. The van der Waals surface area contributed by atoms with Crippen molar-refractivity contribution in [3.8, 4) is 23.0 Å². The number of amides is 1. The number of benzene rings is 2. The Morgan fingerprint density at radius 3 is 2.13 bits per heavy atom. The molecule has 2 aromatic rings. The van der Waals surface area contributed by atoms with E-state index in [1.165, 1.54) is 0 Å². The minimum absolute atomic E-state index is 0.0672. The largest absolute Gasteiger partial charge is 0.493 e. The van der Waals surface area contributed by atoms with Crippen molar-refractivity contribution in [3.63, 3.8) is 0 Å². The Morgan fingerprint density at radius 2 is 1.55 bits per heavy atom. The molecule has 0 aliphatic carbocycles. The van der Waals surface area contributed by atoms with E-state index in [0.29, 0.717) is 49.3 Å². The van der Waals surface area contributed by atoms with Crippen LogP contribution in [0, 0.1) is 5.92 Å². The zero-order valence-corrected chi connectivity index (χ0v) is 18.7. The Balaban J connectivity index is 1.56. The van der Waals surface area contributed by atoms with E-state index < -0.39 is 0 Å². The highest BCUT2D eigenvalue weighted by Gasteiger charge is 2.25. The third kappa shape index (κ3) is 5.79. The van der Waals surface area contributed by atoms with Crippen molar-refractivity contribution in [1.29, 1.82) is 0 Å². The summed E-state index contributed by atoms with van der Waals surface area (Å²) in [7, 11) is 3.20. The van der Waals surface area contributed by atoms with Crippen LogP contribution in [-0.2, 0) is 4.79 Å². The van der Waals surface area contributed by atoms with Crippen LogP contribution in [0.5, 0.6) is 23.0 Å². The van der Waals surface area contributed by atoms with Gasteiger partial charge in [0.2, 0.25) is 5.91 Å². The van der Waals surface area contributed by atoms with E-state index in [4.69, 9.17) is 36.9 Å². The monoisotopic (exact) mass is 444 g/mol. The summed E-state index contributed by atoms with van der Waals surface area (Å²) in [5.41, 5.74) is 6.29. The third-order valence-electron chi connectivity index (χ3n) is 5.26. The average Bonchev–Trinajstić information content (AvgIpc) is 2.81. The number of likely N-dealkylation sites (tertiary alicyclic amines) is 1. The molecule has 0 saturated carbocycles. The summed E-state index contributed by atoms with van der Waals surface area (Å²) in [6.07, 6.45) is 1.44. The number of methoxy groups -OCH3 is 2. The fourth-order valence-electron chi connectivity index (χ4n) is 3.51. The number of thiocarbonyl (C=S) groups is 1. The number of carbonyl (C=O) groups excluding carboxylic acids is 1. The summed E-state index contributed by atoms with van der Waals surface area (Å²) in [5, 5.41) is 0. The van der Waals surface area contributed by atoms with Gasteiger partial charge in [-0.2, -0.15) is 0 Å². The second-order valence-corrected chi connectivity index (χ2v) is 7.57. The van der Waals surface area contributed by atoms with Crippen molar-refractivity contribution in [2.45, 2.75) is 12.8 Å². The molecule has 31 heavy (non-hydrogen) atoms. The number of ether oxygens (including phenoxy) is 4. The fourth-order valence-corrected chi connectivity index (χ4v) is 3.82. The summed E-state index contributed by atoms with van der Waals surface area (Å²) >= 11 is 5.66. The second-order valence-electron chi connectivity index (χ2n) is 7.18. The van der Waals surface area contributed by atoms with Crippen LogP contribution in [0.2, 0.25) is 0 Å². The van der Waals surface area contributed by atoms with Gasteiger partial charge < -0.3 is 29.6 Å². The SMILES string of the molecule is COc1ccccc1OCCOc1ccc(C(=S)N2CCC(C(N)=O)CC2)cc1OC. The Morgan fingerprint density at radius 1 is 0.968 bits per heavy atom. The highest BCUT2D eigenvalue weighted by Crippen LogP contribution is 2.30. The molecule has 1 heterocycles. The molecule has 0 bridgehead atoms. The van der Waals surface area contributed by atoms with E-state index in [9.17, 15) is 4.79 Å². The lowest BCUT2D eigenvalue weighted by Crippen LogP contribution is -2.41. The lowest BCUT2D eigenvalue weighted by molar-refractivity contribution is -0.122. The first-order chi connectivity index (χ1) is 15.0. The first kappa shape index (κ1) is 22.7. The zero-order chi connectivity index (χ0) is 22.2. The molecule has 166 valence electrons. The van der Waals surface area contributed by atoms with Gasteiger partial charge in [0.1, 0.15) is 18.2 Å². The fraction of sp³-hybridized carbons (Fsp3) is 0.391. The number of hydrogen-bond acceptors (Lipinski definition) is 6. The Kier molecular flexibility index (Phi) is 7.94. The molecule has 1 aliphatic rings. The smallest absolute Gasteiger partial charge is 0.220 e. The zero-order valence-electron chi connectivity index (χ0n) is 17.8. The lowest BCUT2D eigenvalue weighted by atomic mass is 9.96. The molecule has 0 aromatic heterocycles. The third-order valence-corrected chi connectivity index (χ3v) is 5.76. The normalized spacial score (nSPS) is 14.1. The predicted octanol–water partition coefficient (Wildman–Crippen LogP) is 3.03. The Labute approximate surface area is 188 Å². The number of para-hydroxylation sites is 2. The molecular formula is C23H28N2O5S. The highest BCUT2D eigenvalue weighted by atomic mass is 32.1. The van der Waals surface area contributed by atoms with Gasteiger partial charge in [0.05, 0.1) is 14.2 Å². The molecule has 1 fully saturated rings. The Bertz CT molecular complexity index is 913. The minimum Gasteiger partial charge on any atom is -0.493 e. The van der Waals surface area contributed by atoms with E-state index in [2.05, 4.69) is 4.90 Å². The molecule has 0 atom stereocenters. The van der Waals surface area contributed by atoms with Gasteiger partial charge in [0, 0.05) is 24.6 Å². The first-order valence-corrected chi connectivity index (χ1v) is 10.6. The number of rotatable bonds is 9. The van der Waals surface area contributed by atoms with E-state index in [0.717, 1.165) is 23.4 Å². The lowest BCUT2D eigenvalue weighted by Gasteiger charge is -2.32. The summed E-state index contributed by atoms with van der Waals surface area (Å²) in [5.74, 6) is 2.26. The van der Waals surface area contributed by atoms with Crippen molar-refractivity contribution >= 4 is 23.1 Å². The van der Waals surface area contributed by atoms with Gasteiger partial charge in [0.15, 0.2) is 23.0 Å². The standard InChI is InChI=1S/C23H28N2O5S/c1-27-18-5-3-4-6-19(18)29-13-14-30-20-8-7-17(15-21(20)28-2)23(31)25-11-9-16(10-12-25)22(24)26/h3-8,15-16H,9-14H2,1-2H3,(H2,24,26). The second kappa shape index (κ2) is 10.9. The van der Waals surface area contributed by atoms with Crippen LogP contribution in [-0.4, -0.2) is 56.3 Å². The van der Waals surface area contributed by atoms with Crippen molar-refractivity contribution in [1.82, 2.24) is 4.90 Å². The minimum atomic E-state index is -0.233. The van der Waals surface area contributed by atoms with E-state index >= 15 is 0 Å². The van der Waals surface area contributed by atoms with Gasteiger partial charge in [0.25, 0.3) is 0 Å². The van der Waals surface area contributed by atoms with Gasteiger partial charge >= 0.3 is 0 Å². The van der Waals surface area contributed by atoms with E-state index in [1.54, 1.807) is 14.2 Å². The molecule has 2 N–H and O–H groups in total. The number of primary amides is 1. The first-order valence-electron chi connectivity index (χ1n) is 10.2. The van der Waals surface area contributed by atoms with Gasteiger partial charge in [-0.25, -0.2) is 0 Å². The van der Waals surface area contributed by atoms with Crippen LogP contribution in [0.15, 0.2) is 42.5 Å².